The Hall–Kier alpha value is -0.0800. The molecule has 0 aliphatic carbocycles. The molecule has 0 fully saturated rings. The summed E-state index contributed by atoms with van der Waals surface area (Å²) in [6.45, 7) is 13.0. The van der Waals surface area contributed by atoms with Crippen LogP contribution in [0.25, 0.3) is 0 Å². The third kappa shape index (κ3) is 4.97. The van der Waals surface area contributed by atoms with Crippen LogP contribution in [0.15, 0.2) is 0 Å². The Kier molecular flexibility index (Phi) is 6.38. The van der Waals surface area contributed by atoms with Gasteiger partial charge in [-0.25, -0.2) is 0 Å². The molecule has 0 atom stereocenters. The third-order valence-corrected chi connectivity index (χ3v) is 2.54. The Labute approximate surface area is 89.6 Å². The SMILES string of the molecule is CCNC(CN)(CC(C)C)CC(C)C. The lowest BCUT2D eigenvalue weighted by Gasteiger charge is -2.36. The fraction of sp³-hybridized carbons (Fsp3) is 1.00. The fourth-order valence-electron chi connectivity index (χ4n) is 2.40. The number of nitrogens with two attached hydrogens (primary N) is 1. The van der Waals surface area contributed by atoms with Crippen molar-refractivity contribution in [2.24, 2.45) is 17.6 Å². The maximum absolute atomic E-state index is 5.93. The molecule has 0 unspecified atom stereocenters. The molecule has 2 heteroatoms. The number of likely N-dealkylation sites (N-methyl/N-ethyl adjacent to an activating group) is 1. The smallest absolute Gasteiger partial charge is 0.0308 e. The third-order valence-electron chi connectivity index (χ3n) is 2.54. The van der Waals surface area contributed by atoms with Gasteiger partial charge in [-0.15, -0.1) is 0 Å². The lowest BCUT2D eigenvalue weighted by Crippen LogP contribution is -2.52. The summed E-state index contributed by atoms with van der Waals surface area (Å²) < 4.78 is 0. The summed E-state index contributed by atoms with van der Waals surface area (Å²) in [4.78, 5) is 0. The van der Waals surface area contributed by atoms with Gasteiger partial charge in [-0.05, 0) is 31.2 Å². The topological polar surface area (TPSA) is 38.0 Å². The monoisotopic (exact) mass is 200 g/mol. The van der Waals surface area contributed by atoms with Gasteiger partial charge in [0.15, 0.2) is 0 Å². The molecule has 0 amide bonds. The molecule has 0 aromatic rings. The normalized spacial score (nSPS) is 12.9. The molecule has 3 N–H and O–H groups in total. The molecule has 0 aromatic carbocycles. The van der Waals surface area contributed by atoms with Gasteiger partial charge in [0.2, 0.25) is 0 Å². The van der Waals surface area contributed by atoms with E-state index in [1.807, 2.05) is 0 Å². The standard InChI is InChI=1S/C12H28N2/c1-6-14-12(9-13,7-10(2)3)8-11(4)5/h10-11,14H,6-9,13H2,1-5H3. The van der Waals surface area contributed by atoms with Crippen molar-refractivity contribution in [1.29, 1.82) is 0 Å². The van der Waals surface area contributed by atoms with Crippen LogP contribution in [0.2, 0.25) is 0 Å². The minimum Gasteiger partial charge on any atom is -0.329 e. The van der Waals surface area contributed by atoms with Crippen molar-refractivity contribution in [1.82, 2.24) is 5.32 Å². The van der Waals surface area contributed by atoms with E-state index in [0.29, 0.717) is 11.8 Å². The summed E-state index contributed by atoms with van der Waals surface area (Å²) in [5.74, 6) is 1.41. The molecule has 0 spiro atoms. The van der Waals surface area contributed by atoms with Gasteiger partial charge in [0.1, 0.15) is 0 Å². The summed E-state index contributed by atoms with van der Waals surface area (Å²) in [5.41, 5.74) is 6.09. The first-order chi connectivity index (χ1) is 6.45. The van der Waals surface area contributed by atoms with Crippen molar-refractivity contribution in [3.63, 3.8) is 0 Å². The quantitative estimate of drug-likeness (QED) is 0.662. The summed E-state index contributed by atoms with van der Waals surface area (Å²) in [5, 5.41) is 3.58. The van der Waals surface area contributed by atoms with Gasteiger partial charge in [0.25, 0.3) is 0 Å². The molecular weight excluding hydrogens is 172 g/mol. The van der Waals surface area contributed by atoms with Crippen LogP contribution in [-0.2, 0) is 0 Å². The Morgan fingerprint density at radius 1 is 1.07 bits per heavy atom. The van der Waals surface area contributed by atoms with Crippen LogP contribution in [0.1, 0.15) is 47.5 Å². The van der Waals surface area contributed by atoms with Crippen LogP contribution in [-0.4, -0.2) is 18.6 Å². The second kappa shape index (κ2) is 6.41. The van der Waals surface area contributed by atoms with Crippen molar-refractivity contribution in [3.8, 4) is 0 Å². The van der Waals surface area contributed by atoms with E-state index in [1.54, 1.807) is 0 Å². The Balaban J connectivity index is 4.42. The Bertz CT molecular complexity index is 131. The first-order valence-electron chi connectivity index (χ1n) is 5.91. The highest BCUT2D eigenvalue weighted by molar-refractivity contribution is 4.90. The van der Waals surface area contributed by atoms with Gasteiger partial charge >= 0.3 is 0 Å². The summed E-state index contributed by atoms with van der Waals surface area (Å²) in [6, 6.07) is 0. The molecule has 2 nitrogen and oxygen atoms in total. The molecule has 0 aliphatic heterocycles. The van der Waals surface area contributed by atoms with Crippen LogP contribution < -0.4 is 11.1 Å². The molecule has 0 aliphatic rings. The highest BCUT2D eigenvalue weighted by Gasteiger charge is 2.28. The molecule has 0 saturated heterocycles. The number of hydrogen-bond donors (Lipinski definition) is 2. The van der Waals surface area contributed by atoms with Crippen LogP contribution >= 0.6 is 0 Å². The molecule has 86 valence electrons. The number of nitrogens with one attached hydrogen (secondary N) is 1. The van der Waals surface area contributed by atoms with Crippen LogP contribution in [0.5, 0.6) is 0 Å². The predicted molar refractivity (Wildman–Crippen MR) is 64.4 cm³/mol. The maximum Gasteiger partial charge on any atom is 0.0308 e. The van der Waals surface area contributed by atoms with E-state index in [0.717, 1.165) is 13.1 Å². The van der Waals surface area contributed by atoms with E-state index in [2.05, 4.69) is 39.9 Å². The van der Waals surface area contributed by atoms with Crippen molar-refractivity contribution >= 4 is 0 Å². The first kappa shape index (κ1) is 13.9. The highest BCUT2D eigenvalue weighted by Crippen LogP contribution is 2.23. The van der Waals surface area contributed by atoms with Gasteiger partial charge in [-0.2, -0.15) is 0 Å². The number of rotatable bonds is 7. The van der Waals surface area contributed by atoms with Gasteiger partial charge in [0, 0.05) is 12.1 Å². The predicted octanol–water partition coefficient (Wildman–Crippen LogP) is 2.39. The molecule has 0 saturated carbocycles. The summed E-state index contributed by atoms with van der Waals surface area (Å²) in [7, 11) is 0. The minimum absolute atomic E-state index is 0.164. The van der Waals surface area contributed by atoms with Gasteiger partial charge in [-0.1, -0.05) is 34.6 Å². The molecule has 14 heavy (non-hydrogen) atoms. The van der Waals surface area contributed by atoms with Gasteiger partial charge in [-0.3, -0.25) is 0 Å². The van der Waals surface area contributed by atoms with Crippen molar-refractivity contribution in [2.75, 3.05) is 13.1 Å². The van der Waals surface area contributed by atoms with E-state index >= 15 is 0 Å². The summed E-state index contributed by atoms with van der Waals surface area (Å²) >= 11 is 0. The van der Waals surface area contributed by atoms with E-state index in [9.17, 15) is 0 Å². The Morgan fingerprint density at radius 2 is 1.50 bits per heavy atom. The molecule has 0 bridgehead atoms. The highest BCUT2D eigenvalue weighted by atomic mass is 15.0. The molecule has 0 aromatic heterocycles. The van der Waals surface area contributed by atoms with Gasteiger partial charge < -0.3 is 11.1 Å². The van der Waals surface area contributed by atoms with Crippen molar-refractivity contribution in [3.05, 3.63) is 0 Å². The average molecular weight is 200 g/mol. The molecular formula is C12H28N2. The lowest BCUT2D eigenvalue weighted by atomic mass is 9.82. The Morgan fingerprint density at radius 3 is 1.71 bits per heavy atom. The largest absolute Gasteiger partial charge is 0.329 e. The zero-order valence-corrected chi connectivity index (χ0v) is 10.6. The van der Waals surface area contributed by atoms with Crippen molar-refractivity contribution < 1.29 is 0 Å². The molecule has 0 rings (SSSR count). The van der Waals surface area contributed by atoms with Gasteiger partial charge in [0.05, 0.1) is 0 Å². The van der Waals surface area contributed by atoms with E-state index in [1.165, 1.54) is 12.8 Å². The number of hydrogen-bond acceptors (Lipinski definition) is 2. The lowest BCUT2D eigenvalue weighted by molar-refractivity contribution is 0.234. The van der Waals surface area contributed by atoms with Crippen LogP contribution in [0.4, 0.5) is 0 Å². The molecule has 0 radical (unpaired) electrons. The van der Waals surface area contributed by atoms with Crippen molar-refractivity contribution in [2.45, 2.75) is 53.0 Å². The minimum atomic E-state index is 0.164. The second-order valence-electron chi connectivity index (χ2n) is 5.21. The first-order valence-corrected chi connectivity index (χ1v) is 5.91. The van der Waals surface area contributed by atoms with Crippen LogP contribution in [0, 0.1) is 11.8 Å². The zero-order valence-electron chi connectivity index (χ0n) is 10.6. The van der Waals surface area contributed by atoms with E-state index < -0.39 is 0 Å². The van der Waals surface area contributed by atoms with E-state index in [-0.39, 0.29) is 5.54 Å². The maximum atomic E-state index is 5.93. The molecule has 0 heterocycles. The average Bonchev–Trinajstić information content (AvgIpc) is 2.02. The zero-order chi connectivity index (χ0) is 11.2. The fourth-order valence-corrected chi connectivity index (χ4v) is 2.40. The van der Waals surface area contributed by atoms with Crippen LogP contribution in [0.3, 0.4) is 0 Å². The second-order valence-corrected chi connectivity index (χ2v) is 5.21. The van der Waals surface area contributed by atoms with E-state index in [4.69, 9.17) is 5.73 Å². The summed E-state index contributed by atoms with van der Waals surface area (Å²) in [6.07, 6.45) is 2.35.